The van der Waals surface area contributed by atoms with Crippen LogP contribution in [0.15, 0.2) is 36.4 Å². The quantitative estimate of drug-likeness (QED) is 0.853. The van der Waals surface area contributed by atoms with Crippen molar-refractivity contribution in [1.29, 1.82) is 0 Å². The summed E-state index contributed by atoms with van der Waals surface area (Å²) < 4.78 is 5.98. The fourth-order valence-electron chi connectivity index (χ4n) is 2.34. The molecule has 0 saturated heterocycles. The van der Waals surface area contributed by atoms with E-state index in [0.717, 1.165) is 40.5 Å². The highest BCUT2D eigenvalue weighted by atomic mass is 35.5. The summed E-state index contributed by atoms with van der Waals surface area (Å²) in [6.45, 7) is 6.15. The molecule has 0 spiro atoms. The van der Waals surface area contributed by atoms with Crippen LogP contribution in [-0.4, -0.2) is 6.04 Å². The van der Waals surface area contributed by atoms with Crippen LogP contribution in [-0.2, 0) is 12.8 Å². The van der Waals surface area contributed by atoms with Gasteiger partial charge in [-0.25, -0.2) is 0 Å². The van der Waals surface area contributed by atoms with Gasteiger partial charge in [0.15, 0.2) is 0 Å². The average molecular weight is 304 g/mol. The van der Waals surface area contributed by atoms with Crippen molar-refractivity contribution < 1.29 is 4.74 Å². The Labute approximate surface area is 131 Å². The summed E-state index contributed by atoms with van der Waals surface area (Å²) in [5.74, 6) is 1.69. The number of hydrogen-bond donors (Lipinski definition) is 1. The molecule has 2 rings (SSSR count). The Hall–Kier alpha value is -1.51. The van der Waals surface area contributed by atoms with E-state index in [1.165, 1.54) is 5.56 Å². The highest BCUT2D eigenvalue weighted by molar-refractivity contribution is 6.31. The smallest absolute Gasteiger partial charge is 0.130 e. The topological polar surface area (TPSA) is 35.2 Å². The molecule has 0 aromatic heterocycles. The fraction of sp³-hybridized carbons (Fsp3) is 0.333. The second-order valence-electron chi connectivity index (χ2n) is 5.49. The largest absolute Gasteiger partial charge is 0.457 e. The summed E-state index contributed by atoms with van der Waals surface area (Å²) in [5.41, 5.74) is 9.28. The third kappa shape index (κ3) is 4.23. The van der Waals surface area contributed by atoms with Crippen molar-refractivity contribution in [2.45, 2.75) is 39.7 Å². The second kappa shape index (κ2) is 6.97. The van der Waals surface area contributed by atoms with Gasteiger partial charge in [0, 0.05) is 11.1 Å². The van der Waals surface area contributed by atoms with Crippen LogP contribution in [0.3, 0.4) is 0 Å². The van der Waals surface area contributed by atoms with Crippen molar-refractivity contribution in [3.05, 3.63) is 58.1 Å². The van der Waals surface area contributed by atoms with E-state index in [0.29, 0.717) is 0 Å². The molecule has 0 saturated carbocycles. The maximum Gasteiger partial charge on any atom is 0.130 e. The minimum Gasteiger partial charge on any atom is -0.457 e. The van der Waals surface area contributed by atoms with Crippen molar-refractivity contribution in [2.24, 2.45) is 5.73 Å². The predicted molar refractivity (Wildman–Crippen MR) is 89.4 cm³/mol. The molecule has 0 amide bonds. The number of aryl methyl sites for hydroxylation is 2. The summed E-state index contributed by atoms with van der Waals surface area (Å²) in [6.07, 6.45) is 1.77. The lowest BCUT2D eigenvalue weighted by Gasteiger charge is -2.12. The maximum absolute atomic E-state index is 6.13. The van der Waals surface area contributed by atoms with Gasteiger partial charge >= 0.3 is 0 Å². The number of nitrogens with two attached hydrogens (primary N) is 1. The van der Waals surface area contributed by atoms with E-state index < -0.39 is 0 Å². The van der Waals surface area contributed by atoms with Gasteiger partial charge in [-0.3, -0.25) is 0 Å². The molecule has 0 aliphatic carbocycles. The first-order chi connectivity index (χ1) is 9.99. The van der Waals surface area contributed by atoms with Crippen LogP contribution in [0.4, 0.5) is 0 Å². The molecule has 0 aliphatic heterocycles. The van der Waals surface area contributed by atoms with Crippen molar-refractivity contribution in [3.8, 4) is 11.5 Å². The Morgan fingerprint density at radius 1 is 1.19 bits per heavy atom. The van der Waals surface area contributed by atoms with Crippen LogP contribution in [0, 0.1) is 6.92 Å². The molecule has 2 aromatic carbocycles. The van der Waals surface area contributed by atoms with Gasteiger partial charge in [-0.05, 0) is 67.6 Å². The van der Waals surface area contributed by atoms with E-state index in [9.17, 15) is 0 Å². The number of hydrogen-bond acceptors (Lipinski definition) is 2. The Bertz CT molecular complexity index is 623. The van der Waals surface area contributed by atoms with Gasteiger partial charge in [0.1, 0.15) is 11.5 Å². The SMILES string of the molecule is CCc1cc(Oc2ccc(CC(C)N)cc2C)ccc1Cl. The summed E-state index contributed by atoms with van der Waals surface area (Å²) in [6, 6.07) is 12.2. The fourth-order valence-corrected chi connectivity index (χ4v) is 2.59. The van der Waals surface area contributed by atoms with E-state index in [2.05, 4.69) is 26.0 Å². The minimum absolute atomic E-state index is 0.166. The molecule has 2 nitrogen and oxygen atoms in total. The molecule has 2 aromatic rings. The van der Waals surface area contributed by atoms with Crippen LogP contribution < -0.4 is 10.5 Å². The molecule has 0 radical (unpaired) electrons. The molecule has 0 fully saturated rings. The molecule has 3 heteroatoms. The Kier molecular flexibility index (Phi) is 5.27. The third-order valence-electron chi connectivity index (χ3n) is 3.42. The summed E-state index contributed by atoms with van der Waals surface area (Å²) in [7, 11) is 0. The van der Waals surface area contributed by atoms with Gasteiger partial charge in [0.05, 0.1) is 0 Å². The standard InChI is InChI=1S/C18H22ClNO/c1-4-15-11-16(6-7-17(15)19)21-18-8-5-14(9-12(18)2)10-13(3)20/h5-9,11,13H,4,10,20H2,1-3H3. The molecule has 112 valence electrons. The number of ether oxygens (including phenoxy) is 1. The first kappa shape index (κ1) is 15.9. The maximum atomic E-state index is 6.13. The summed E-state index contributed by atoms with van der Waals surface area (Å²) >= 11 is 6.13. The third-order valence-corrected chi connectivity index (χ3v) is 3.79. The molecule has 0 aliphatic rings. The van der Waals surface area contributed by atoms with Crippen LogP contribution in [0.2, 0.25) is 5.02 Å². The lowest BCUT2D eigenvalue weighted by atomic mass is 10.0. The Balaban J connectivity index is 2.19. The Morgan fingerprint density at radius 2 is 1.95 bits per heavy atom. The first-order valence-electron chi connectivity index (χ1n) is 7.31. The van der Waals surface area contributed by atoms with E-state index in [1.807, 2.05) is 31.2 Å². The number of rotatable bonds is 5. The van der Waals surface area contributed by atoms with Gasteiger partial charge < -0.3 is 10.5 Å². The second-order valence-corrected chi connectivity index (χ2v) is 5.90. The number of benzene rings is 2. The highest BCUT2D eigenvalue weighted by Gasteiger charge is 2.06. The monoisotopic (exact) mass is 303 g/mol. The van der Waals surface area contributed by atoms with Crippen molar-refractivity contribution in [1.82, 2.24) is 0 Å². The minimum atomic E-state index is 0.166. The molecule has 0 bridgehead atoms. The number of halogens is 1. The van der Waals surface area contributed by atoms with Crippen LogP contribution in [0.5, 0.6) is 11.5 Å². The summed E-state index contributed by atoms with van der Waals surface area (Å²) in [5, 5.41) is 0.786. The molecule has 1 atom stereocenters. The highest BCUT2D eigenvalue weighted by Crippen LogP contribution is 2.29. The van der Waals surface area contributed by atoms with Gasteiger partial charge in [-0.1, -0.05) is 30.7 Å². The molecule has 1 unspecified atom stereocenters. The van der Waals surface area contributed by atoms with Crippen LogP contribution in [0.1, 0.15) is 30.5 Å². The van der Waals surface area contributed by atoms with Crippen LogP contribution >= 0.6 is 11.6 Å². The van der Waals surface area contributed by atoms with Gasteiger partial charge in [-0.2, -0.15) is 0 Å². The molecule has 21 heavy (non-hydrogen) atoms. The Morgan fingerprint density at radius 3 is 2.57 bits per heavy atom. The summed E-state index contributed by atoms with van der Waals surface area (Å²) in [4.78, 5) is 0. The van der Waals surface area contributed by atoms with Crippen molar-refractivity contribution >= 4 is 11.6 Å². The lowest BCUT2D eigenvalue weighted by molar-refractivity contribution is 0.478. The van der Waals surface area contributed by atoms with Gasteiger partial charge in [0.25, 0.3) is 0 Å². The molecule has 2 N–H and O–H groups in total. The van der Waals surface area contributed by atoms with E-state index in [4.69, 9.17) is 22.1 Å². The van der Waals surface area contributed by atoms with Crippen LogP contribution in [0.25, 0.3) is 0 Å². The zero-order chi connectivity index (χ0) is 15.4. The molecular weight excluding hydrogens is 282 g/mol. The van der Waals surface area contributed by atoms with Gasteiger partial charge in [0.2, 0.25) is 0 Å². The molecular formula is C18H22ClNO. The normalized spacial score (nSPS) is 12.2. The van der Waals surface area contributed by atoms with E-state index in [1.54, 1.807) is 0 Å². The lowest BCUT2D eigenvalue weighted by Crippen LogP contribution is -2.17. The van der Waals surface area contributed by atoms with E-state index in [-0.39, 0.29) is 6.04 Å². The zero-order valence-electron chi connectivity index (χ0n) is 12.8. The van der Waals surface area contributed by atoms with Gasteiger partial charge in [-0.15, -0.1) is 0 Å². The van der Waals surface area contributed by atoms with Crippen molar-refractivity contribution in [2.75, 3.05) is 0 Å². The predicted octanol–water partition coefficient (Wildman–Crippen LogP) is 4.89. The van der Waals surface area contributed by atoms with Crippen molar-refractivity contribution in [3.63, 3.8) is 0 Å². The zero-order valence-corrected chi connectivity index (χ0v) is 13.6. The van der Waals surface area contributed by atoms with E-state index >= 15 is 0 Å². The first-order valence-corrected chi connectivity index (χ1v) is 7.68. The molecule has 0 heterocycles. The average Bonchev–Trinajstić information content (AvgIpc) is 2.43.